The van der Waals surface area contributed by atoms with Gasteiger partial charge >= 0.3 is 0 Å². The molecule has 0 bridgehead atoms. The first-order valence-electron chi connectivity index (χ1n) is 22.7. The van der Waals surface area contributed by atoms with Gasteiger partial charge in [-0.2, -0.15) is 0 Å². The summed E-state index contributed by atoms with van der Waals surface area (Å²) in [5.41, 5.74) is 18.5. The van der Waals surface area contributed by atoms with Gasteiger partial charge in [-0.3, -0.25) is 0 Å². The van der Waals surface area contributed by atoms with E-state index in [0.717, 1.165) is 33.9 Å². The fourth-order valence-corrected chi connectivity index (χ4v) is 9.94. The lowest BCUT2D eigenvalue weighted by Gasteiger charge is -2.29. The standard InChI is InChI=1S/C64H44N2/c1-4-20-46(21-5-1)55-27-12-15-31-60(55)65(53-41-42-54(59(44-53)47-22-6-2-7-23-47)51-36-35-45-19-10-11-26-50(45)43-51)52-39-37-48(38-40-52)56-30-18-34-63(64(56)49-24-8-3-9-25-49)66-61-32-16-13-28-57(61)58-29-14-17-33-62(58)66/h1-44H. The van der Waals surface area contributed by atoms with E-state index in [4.69, 9.17) is 0 Å². The fraction of sp³-hybridized carbons (Fsp3) is 0. The monoisotopic (exact) mass is 840 g/mol. The first-order chi connectivity index (χ1) is 32.8. The highest BCUT2D eigenvalue weighted by Crippen LogP contribution is 2.46. The quantitative estimate of drug-likeness (QED) is 0.141. The molecular formula is C64H44N2. The average molecular weight is 841 g/mol. The summed E-state index contributed by atoms with van der Waals surface area (Å²) in [5, 5.41) is 4.96. The topological polar surface area (TPSA) is 8.17 Å². The van der Waals surface area contributed by atoms with E-state index in [1.807, 2.05) is 0 Å². The number of rotatable bonds is 9. The van der Waals surface area contributed by atoms with Crippen LogP contribution in [0.1, 0.15) is 0 Å². The number of hydrogen-bond donors (Lipinski definition) is 0. The lowest BCUT2D eigenvalue weighted by molar-refractivity contribution is 1.18. The molecule has 1 aromatic heterocycles. The summed E-state index contributed by atoms with van der Waals surface area (Å²) >= 11 is 0. The van der Waals surface area contributed by atoms with Gasteiger partial charge < -0.3 is 9.47 Å². The number of fused-ring (bicyclic) bond motifs is 4. The summed E-state index contributed by atoms with van der Waals surface area (Å²) in [4.78, 5) is 2.43. The Bertz CT molecular complexity index is 3630. The molecule has 0 aliphatic heterocycles. The van der Waals surface area contributed by atoms with Gasteiger partial charge in [0.2, 0.25) is 0 Å². The van der Waals surface area contributed by atoms with Gasteiger partial charge in [-0.15, -0.1) is 0 Å². The third-order valence-corrected chi connectivity index (χ3v) is 13.0. The first-order valence-corrected chi connectivity index (χ1v) is 22.7. The van der Waals surface area contributed by atoms with Crippen LogP contribution < -0.4 is 4.90 Å². The first kappa shape index (κ1) is 38.9. The maximum Gasteiger partial charge on any atom is 0.0546 e. The number of aromatic nitrogens is 1. The Balaban J connectivity index is 1.05. The summed E-state index contributed by atoms with van der Waals surface area (Å²) in [6.07, 6.45) is 0. The summed E-state index contributed by atoms with van der Waals surface area (Å²) < 4.78 is 2.44. The molecule has 1 heterocycles. The maximum absolute atomic E-state index is 2.44. The highest BCUT2D eigenvalue weighted by molar-refractivity contribution is 6.10. The number of anilines is 3. The molecule has 0 radical (unpaired) electrons. The van der Waals surface area contributed by atoms with Gasteiger partial charge in [-0.1, -0.05) is 212 Å². The number of hydrogen-bond acceptors (Lipinski definition) is 1. The summed E-state index contributed by atoms with van der Waals surface area (Å²) in [7, 11) is 0. The van der Waals surface area contributed by atoms with Gasteiger partial charge in [0.05, 0.1) is 22.4 Å². The minimum atomic E-state index is 1.07. The fourth-order valence-electron chi connectivity index (χ4n) is 9.94. The SMILES string of the molecule is c1ccc(-c2cc(N(c3ccc(-c4cccc(-n5c6ccccc6c6ccccc65)c4-c4ccccc4)cc3)c3ccccc3-c3ccccc3)ccc2-c2ccc3ccccc3c2)cc1. The Kier molecular flexibility index (Phi) is 9.89. The van der Waals surface area contributed by atoms with E-state index in [1.54, 1.807) is 0 Å². The van der Waals surface area contributed by atoms with Crippen LogP contribution in [0.25, 0.3) is 93.9 Å². The lowest BCUT2D eigenvalue weighted by atomic mass is 9.91. The third kappa shape index (κ3) is 6.93. The van der Waals surface area contributed by atoms with E-state index in [9.17, 15) is 0 Å². The van der Waals surface area contributed by atoms with E-state index >= 15 is 0 Å². The van der Waals surface area contributed by atoms with Gasteiger partial charge in [0, 0.05) is 33.3 Å². The number of nitrogens with zero attached hydrogens (tertiary/aromatic N) is 2. The predicted octanol–water partition coefficient (Wildman–Crippen LogP) is 17.7. The predicted molar refractivity (Wildman–Crippen MR) is 280 cm³/mol. The lowest BCUT2D eigenvalue weighted by Crippen LogP contribution is -2.11. The molecule has 2 nitrogen and oxygen atoms in total. The Morgan fingerprint density at radius 2 is 0.788 bits per heavy atom. The highest BCUT2D eigenvalue weighted by atomic mass is 15.1. The molecule has 0 aliphatic carbocycles. The molecular weight excluding hydrogens is 797 g/mol. The van der Waals surface area contributed by atoms with Crippen molar-refractivity contribution in [2.45, 2.75) is 0 Å². The van der Waals surface area contributed by atoms with Gasteiger partial charge in [0.1, 0.15) is 0 Å². The molecule has 310 valence electrons. The van der Waals surface area contributed by atoms with Crippen molar-refractivity contribution < 1.29 is 0 Å². The van der Waals surface area contributed by atoms with Crippen LogP contribution in [0.2, 0.25) is 0 Å². The minimum absolute atomic E-state index is 1.07. The molecule has 12 rings (SSSR count). The third-order valence-electron chi connectivity index (χ3n) is 13.0. The van der Waals surface area contributed by atoms with Crippen molar-refractivity contribution in [3.63, 3.8) is 0 Å². The van der Waals surface area contributed by atoms with Crippen molar-refractivity contribution in [3.05, 3.63) is 267 Å². The molecule has 2 heteroatoms. The summed E-state index contributed by atoms with van der Waals surface area (Å²) in [5.74, 6) is 0. The Hall–Kier alpha value is -8.72. The van der Waals surface area contributed by atoms with Crippen molar-refractivity contribution >= 4 is 49.6 Å². The number of para-hydroxylation sites is 3. The Morgan fingerprint density at radius 3 is 1.48 bits per heavy atom. The normalized spacial score (nSPS) is 11.3. The van der Waals surface area contributed by atoms with Crippen molar-refractivity contribution in [1.82, 2.24) is 4.57 Å². The minimum Gasteiger partial charge on any atom is -0.310 e. The zero-order valence-corrected chi connectivity index (χ0v) is 36.3. The number of benzene rings is 11. The Morgan fingerprint density at radius 1 is 0.273 bits per heavy atom. The van der Waals surface area contributed by atoms with E-state index < -0.39 is 0 Å². The van der Waals surface area contributed by atoms with Gasteiger partial charge in [-0.25, -0.2) is 0 Å². The molecule has 0 N–H and O–H groups in total. The van der Waals surface area contributed by atoms with E-state index in [2.05, 4.69) is 276 Å². The van der Waals surface area contributed by atoms with Crippen LogP contribution in [0.5, 0.6) is 0 Å². The summed E-state index contributed by atoms with van der Waals surface area (Å²) in [6, 6.07) is 97.0. The highest BCUT2D eigenvalue weighted by Gasteiger charge is 2.22. The zero-order chi connectivity index (χ0) is 43.8. The molecule has 0 atom stereocenters. The molecule has 12 aromatic rings. The van der Waals surface area contributed by atoms with Crippen LogP contribution in [0.3, 0.4) is 0 Å². The van der Waals surface area contributed by atoms with Crippen molar-refractivity contribution in [2.24, 2.45) is 0 Å². The molecule has 0 spiro atoms. The van der Waals surface area contributed by atoms with Gasteiger partial charge in [-0.05, 0) is 110 Å². The van der Waals surface area contributed by atoms with Crippen LogP contribution in [0.4, 0.5) is 17.1 Å². The second-order valence-corrected chi connectivity index (χ2v) is 16.9. The van der Waals surface area contributed by atoms with Crippen LogP contribution in [-0.4, -0.2) is 4.57 Å². The van der Waals surface area contributed by atoms with Crippen molar-refractivity contribution in [2.75, 3.05) is 4.90 Å². The van der Waals surface area contributed by atoms with Crippen LogP contribution in [-0.2, 0) is 0 Å². The van der Waals surface area contributed by atoms with Crippen LogP contribution in [0.15, 0.2) is 267 Å². The van der Waals surface area contributed by atoms with Crippen molar-refractivity contribution in [1.29, 1.82) is 0 Å². The molecule has 0 saturated heterocycles. The van der Waals surface area contributed by atoms with Crippen LogP contribution >= 0.6 is 0 Å². The molecule has 66 heavy (non-hydrogen) atoms. The second-order valence-electron chi connectivity index (χ2n) is 16.9. The largest absolute Gasteiger partial charge is 0.310 e. The molecule has 0 aliphatic rings. The van der Waals surface area contributed by atoms with E-state index in [1.165, 1.54) is 77.1 Å². The van der Waals surface area contributed by atoms with E-state index in [0.29, 0.717) is 0 Å². The zero-order valence-electron chi connectivity index (χ0n) is 36.3. The van der Waals surface area contributed by atoms with E-state index in [-0.39, 0.29) is 0 Å². The smallest absolute Gasteiger partial charge is 0.0546 e. The molecule has 11 aromatic carbocycles. The molecule has 0 saturated carbocycles. The van der Waals surface area contributed by atoms with Crippen molar-refractivity contribution in [3.8, 4) is 61.3 Å². The molecule has 0 amide bonds. The van der Waals surface area contributed by atoms with Crippen LogP contribution in [0, 0.1) is 0 Å². The average Bonchev–Trinajstić information content (AvgIpc) is 3.74. The second kappa shape index (κ2) is 16.8. The summed E-state index contributed by atoms with van der Waals surface area (Å²) in [6.45, 7) is 0. The molecule has 0 unspecified atom stereocenters. The van der Waals surface area contributed by atoms with Gasteiger partial charge in [0.25, 0.3) is 0 Å². The maximum atomic E-state index is 2.44. The Labute approximate surface area is 385 Å². The molecule has 0 fully saturated rings. The van der Waals surface area contributed by atoms with Gasteiger partial charge in [0.15, 0.2) is 0 Å².